The first-order valence-corrected chi connectivity index (χ1v) is 7.48. The number of rotatable bonds is 4. The molecule has 0 saturated heterocycles. The van der Waals surface area contributed by atoms with Gasteiger partial charge in [0, 0.05) is 8.95 Å². The Morgan fingerprint density at radius 1 is 1.35 bits per heavy atom. The highest BCUT2D eigenvalue weighted by Crippen LogP contribution is 2.28. The van der Waals surface area contributed by atoms with Gasteiger partial charge in [-0.1, -0.05) is 15.9 Å². The number of sulfonamides is 1. The predicted octanol–water partition coefficient (Wildman–Crippen LogP) is 1.88. The van der Waals surface area contributed by atoms with E-state index in [1.54, 1.807) is 6.07 Å². The summed E-state index contributed by atoms with van der Waals surface area (Å²) in [7, 11) is -3.83. The van der Waals surface area contributed by atoms with Gasteiger partial charge in [0.1, 0.15) is 6.54 Å². The van der Waals surface area contributed by atoms with E-state index in [9.17, 15) is 13.2 Å². The summed E-state index contributed by atoms with van der Waals surface area (Å²) >= 11 is 6.36. The summed E-state index contributed by atoms with van der Waals surface area (Å²) in [4.78, 5) is 10.3. The SMILES string of the molecule is Cc1cc(Br)c(S(=O)(=O)NCC(=O)O)cc1Br. The van der Waals surface area contributed by atoms with Crippen LogP contribution in [0.5, 0.6) is 0 Å². The second-order valence-corrected chi connectivity index (χ2v) is 6.69. The highest BCUT2D eigenvalue weighted by Gasteiger charge is 2.19. The Bertz CT molecular complexity index is 556. The molecule has 0 radical (unpaired) electrons. The van der Waals surface area contributed by atoms with Crippen LogP contribution in [-0.4, -0.2) is 26.0 Å². The lowest BCUT2D eigenvalue weighted by Crippen LogP contribution is -2.29. The van der Waals surface area contributed by atoms with E-state index in [2.05, 4.69) is 31.9 Å². The van der Waals surface area contributed by atoms with Crippen LogP contribution in [0.15, 0.2) is 26.0 Å². The van der Waals surface area contributed by atoms with Gasteiger partial charge in [0.25, 0.3) is 0 Å². The molecule has 5 nitrogen and oxygen atoms in total. The monoisotopic (exact) mass is 385 g/mol. The van der Waals surface area contributed by atoms with Crippen LogP contribution in [0.2, 0.25) is 0 Å². The average molecular weight is 387 g/mol. The molecule has 0 aliphatic heterocycles. The van der Waals surface area contributed by atoms with Crippen LogP contribution in [0, 0.1) is 6.92 Å². The summed E-state index contributed by atoms with van der Waals surface area (Å²) in [5, 5.41) is 8.44. The fourth-order valence-corrected chi connectivity index (χ4v) is 3.72. The molecule has 0 aromatic heterocycles. The molecule has 0 amide bonds. The Labute approximate surface area is 116 Å². The number of hydrogen-bond donors (Lipinski definition) is 2. The fourth-order valence-electron chi connectivity index (χ4n) is 1.07. The molecule has 1 rings (SSSR count). The number of aliphatic carboxylic acids is 1. The molecule has 8 heteroatoms. The number of carbonyl (C=O) groups is 1. The molecular formula is C9H9Br2NO4S. The number of hydrogen-bond acceptors (Lipinski definition) is 3. The van der Waals surface area contributed by atoms with Gasteiger partial charge in [0.15, 0.2) is 0 Å². The predicted molar refractivity (Wildman–Crippen MR) is 69.4 cm³/mol. The van der Waals surface area contributed by atoms with Gasteiger partial charge in [-0.2, -0.15) is 4.72 Å². The Morgan fingerprint density at radius 3 is 2.47 bits per heavy atom. The van der Waals surface area contributed by atoms with Crippen molar-refractivity contribution in [2.45, 2.75) is 11.8 Å². The van der Waals surface area contributed by atoms with Crippen LogP contribution in [-0.2, 0) is 14.8 Å². The molecule has 0 spiro atoms. The quantitative estimate of drug-likeness (QED) is 0.827. The lowest BCUT2D eigenvalue weighted by atomic mass is 10.2. The molecule has 17 heavy (non-hydrogen) atoms. The first kappa shape index (κ1) is 14.6. The van der Waals surface area contributed by atoms with Crippen LogP contribution in [0.25, 0.3) is 0 Å². The first-order valence-electron chi connectivity index (χ1n) is 4.41. The second-order valence-electron chi connectivity index (χ2n) is 3.25. The molecular weight excluding hydrogens is 378 g/mol. The minimum Gasteiger partial charge on any atom is -0.480 e. The van der Waals surface area contributed by atoms with Crippen molar-refractivity contribution in [3.8, 4) is 0 Å². The standard InChI is InChI=1S/C9H9Br2NO4S/c1-5-2-7(11)8(3-6(5)10)17(15,16)12-4-9(13)14/h2-3,12H,4H2,1H3,(H,13,14). The van der Waals surface area contributed by atoms with E-state index in [4.69, 9.17) is 5.11 Å². The third kappa shape index (κ3) is 3.77. The van der Waals surface area contributed by atoms with E-state index < -0.39 is 22.5 Å². The number of carboxylic acid groups (broad SMARTS) is 1. The van der Waals surface area contributed by atoms with E-state index in [1.165, 1.54) is 6.07 Å². The van der Waals surface area contributed by atoms with Gasteiger partial charge in [-0.3, -0.25) is 4.79 Å². The zero-order valence-corrected chi connectivity index (χ0v) is 12.7. The highest BCUT2D eigenvalue weighted by molar-refractivity contribution is 9.11. The van der Waals surface area contributed by atoms with Gasteiger partial charge >= 0.3 is 5.97 Å². The van der Waals surface area contributed by atoms with E-state index in [1.807, 2.05) is 11.6 Å². The molecule has 1 aromatic rings. The van der Waals surface area contributed by atoms with Crippen molar-refractivity contribution in [2.75, 3.05) is 6.54 Å². The minimum atomic E-state index is -3.83. The van der Waals surface area contributed by atoms with Crippen LogP contribution >= 0.6 is 31.9 Å². The number of carboxylic acids is 1. The maximum atomic E-state index is 11.8. The van der Waals surface area contributed by atoms with Crippen molar-refractivity contribution in [2.24, 2.45) is 0 Å². The molecule has 0 aliphatic carbocycles. The van der Waals surface area contributed by atoms with E-state index in [0.717, 1.165) is 5.56 Å². The molecule has 0 saturated carbocycles. The number of halogens is 2. The highest BCUT2D eigenvalue weighted by atomic mass is 79.9. The first-order chi connectivity index (χ1) is 7.74. The molecule has 94 valence electrons. The largest absolute Gasteiger partial charge is 0.480 e. The summed E-state index contributed by atoms with van der Waals surface area (Å²) in [5.74, 6) is -1.24. The van der Waals surface area contributed by atoms with Crippen molar-refractivity contribution < 1.29 is 18.3 Å². The smallest absolute Gasteiger partial charge is 0.318 e. The second kappa shape index (κ2) is 5.47. The van der Waals surface area contributed by atoms with Crippen molar-refractivity contribution in [3.05, 3.63) is 26.6 Å². The average Bonchev–Trinajstić information content (AvgIpc) is 2.20. The molecule has 0 atom stereocenters. The van der Waals surface area contributed by atoms with E-state index in [-0.39, 0.29) is 4.90 Å². The zero-order valence-electron chi connectivity index (χ0n) is 8.70. The topological polar surface area (TPSA) is 83.5 Å². The molecule has 0 aliphatic rings. The number of benzene rings is 1. The van der Waals surface area contributed by atoms with Crippen LogP contribution in [0.1, 0.15) is 5.56 Å². The molecule has 2 N–H and O–H groups in total. The summed E-state index contributed by atoms with van der Waals surface area (Å²) in [6.45, 7) is 1.16. The molecule has 0 unspecified atom stereocenters. The van der Waals surface area contributed by atoms with Gasteiger partial charge in [-0.05, 0) is 40.5 Å². The van der Waals surface area contributed by atoms with Gasteiger partial charge in [0.05, 0.1) is 4.90 Å². The van der Waals surface area contributed by atoms with Crippen LogP contribution in [0.4, 0.5) is 0 Å². The summed E-state index contributed by atoms with van der Waals surface area (Å²) in [6, 6.07) is 3.06. The van der Waals surface area contributed by atoms with Gasteiger partial charge < -0.3 is 5.11 Å². The minimum absolute atomic E-state index is 0.00350. The van der Waals surface area contributed by atoms with E-state index in [0.29, 0.717) is 8.95 Å². The summed E-state index contributed by atoms with van der Waals surface area (Å²) in [6.07, 6.45) is 0. The molecule has 0 heterocycles. The van der Waals surface area contributed by atoms with Crippen molar-refractivity contribution >= 4 is 47.9 Å². The van der Waals surface area contributed by atoms with Crippen molar-refractivity contribution in [1.82, 2.24) is 4.72 Å². The Hall–Kier alpha value is -0.440. The lowest BCUT2D eigenvalue weighted by molar-refractivity contribution is -0.135. The normalized spacial score (nSPS) is 11.5. The number of nitrogens with one attached hydrogen (secondary N) is 1. The zero-order chi connectivity index (χ0) is 13.2. The summed E-state index contributed by atoms with van der Waals surface area (Å²) < 4.78 is 26.6. The molecule has 1 aromatic carbocycles. The Kier molecular flexibility index (Phi) is 4.70. The van der Waals surface area contributed by atoms with Gasteiger partial charge in [-0.25, -0.2) is 8.42 Å². The van der Waals surface area contributed by atoms with Crippen LogP contribution < -0.4 is 4.72 Å². The number of aryl methyl sites for hydroxylation is 1. The third-order valence-corrected chi connectivity index (χ3v) is 5.13. The Balaban J connectivity index is 3.15. The lowest BCUT2D eigenvalue weighted by Gasteiger charge is -2.09. The Morgan fingerprint density at radius 2 is 1.94 bits per heavy atom. The van der Waals surface area contributed by atoms with Gasteiger partial charge in [0.2, 0.25) is 10.0 Å². The molecule has 0 bridgehead atoms. The van der Waals surface area contributed by atoms with E-state index >= 15 is 0 Å². The maximum absolute atomic E-state index is 11.8. The van der Waals surface area contributed by atoms with Crippen molar-refractivity contribution in [1.29, 1.82) is 0 Å². The van der Waals surface area contributed by atoms with Gasteiger partial charge in [-0.15, -0.1) is 0 Å². The third-order valence-electron chi connectivity index (χ3n) is 1.92. The van der Waals surface area contributed by atoms with Crippen molar-refractivity contribution in [3.63, 3.8) is 0 Å². The fraction of sp³-hybridized carbons (Fsp3) is 0.222. The summed E-state index contributed by atoms with van der Waals surface area (Å²) in [5.41, 5.74) is 0.869. The molecule has 0 fully saturated rings. The van der Waals surface area contributed by atoms with Crippen LogP contribution in [0.3, 0.4) is 0 Å². The maximum Gasteiger partial charge on any atom is 0.318 e.